The van der Waals surface area contributed by atoms with Crippen molar-refractivity contribution in [2.45, 2.75) is 44.5 Å². The number of nitro benzene ring substituents is 1. The van der Waals surface area contributed by atoms with Crippen LogP contribution in [0.1, 0.15) is 31.2 Å². The average molecular weight is 286 g/mol. The molecule has 1 aliphatic carbocycles. The van der Waals surface area contributed by atoms with Gasteiger partial charge in [0.2, 0.25) is 0 Å². The van der Waals surface area contributed by atoms with E-state index in [1.165, 1.54) is 12.1 Å². The Morgan fingerprint density at radius 3 is 2.63 bits per heavy atom. The van der Waals surface area contributed by atoms with Gasteiger partial charge in [-0.15, -0.1) is 0 Å². The van der Waals surface area contributed by atoms with E-state index in [-0.39, 0.29) is 17.9 Å². The molecule has 0 aliphatic heterocycles. The molecule has 0 unspecified atom stereocenters. The topological polar surface area (TPSA) is 72.6 Å². The Labute approximate surface area is 116 Å². The van der Waals surface area contributed by atoms with Gasteiger partial charge in [-0.2, -0.15) is 0 Å². The Morgan fingerprint density at radius 2 is 2.05 bits per heavy atom. The molecule has 0 spiro atoms. The first-order chi connectivity index (χ1) is 9.06. The fourth-order valence-corrected chi connectivity index (χ4v) is 2.42. The average Bonchev–Trinajstić information content (AvgIpc) is 2.39. The van der Waals surface area contributed by atoms with Crippen LogP contribution in [0, 0.1) is 10.1 Å². The quantitative estimate of drug-likeness (QED) is 0.681. The maximum Gasteiger partial charge on any atom is 0.270 e. The summed E-state index contributed by atoms with van der Waals surface area (Å²) in [6, 6.07) is 4.39. The van der Waals surface area contributed by atoms with E-state index in [0.29, 0.717) is 11.6 Å². The number of hydrogen-bond acceptors (Lipinski definition) is 4. The monoisotopic (exact) mass is 285 g/mol. The number of ether oxygens (including phenoxy) is 1. The lowest BCUT2D eigenvalue weighted by Gasteiger charge is -2.25. The number of benzene rings is 1. The third-order valence-corrected chi connectivity index (χ3v) is 3.72. The molecular weight excluding hydrogens is 270 g/mol. The van der Waals surface area contributed by atoms with Crippen LogP contribution in [0.5, 0.6) is 0 Å². The molecule has 1 aromatic rings. The lowest BCUT2D eigenvalue weighted by atomic mass is 9.95. The molecule has 19 heavy (non-hydrogen) atoms. The molecule has 1 fully saturated rings. The molecule has 1 saturated carbocycles. The van der Waals surface area contributed by atoms with Crippen LogP contribution in [-0.4, -0.2) is 22.2 Å². The second-order valence-corrected chi connectivity index (χ2v) is 5.18. The Hall–Kier alpha value is -1.17. The number of aliphatic hydroxyl groups excluding tert-OH is 1. The van der Waals surface area contributed by atoms with Gasteiger partial charge >= 0.3 is 0 Å². The molecule has 1 N–H and O–H groups in total. The zero-order valence-electron chi connectivity index (χ0n) is 10.4. The minimum atomic E-state index is -0.473. The van der Waals surface area contributed by atoms with Gasteiger partial charge in [-0.3, -0.25) is 10.1 Å². The second-order valence-electron chi connectivity index (χ2n) is 4.77. The van der Waals surface area contributed by atoms with Gasteiger partial charge in [0.05, 0.1) is 28.8 Å². The van der Waals surface area contributed by atoms with E-state index < -0.39 is 4.92 Å². The van der Waals surface area contributed by atoms with Gasteiger partial charge in [0.1, 0.15) is 0 Å². The summed E-state index contributed by atoms with van der Waals surface area (Å²) >= 11 is 5.99. The maximum atomic E-state index is 10.6. The van der Waals surface area contributed by atoms with Crippen LogP contribution >= 0.6 is 11.6 Å². The van der Waals surface area contributed by atoms with E-state index in [0.717, 1.165) is 31.2 Å². The summed E-state index contributed by atoms with van der Waals surface area (Å²) in [6.07, 6.45) is 3.13. The smallest absolute Gasteiger partial charge is 0.270 e. The van der Waals surface area contributed by atoms with Crippen LogP contribution in [0.2, 0.25) is 5.02 Å². The highest BCUT2D eigenvalue weighted by Gasteiger charge is 2.20. The summed E-state index contributed by atoms with van der Waals surface area (Å²) in [5.74, 6) is 0. The predicted octanol–water partition coefficient (Wildman–Crippen LogP) is 3.07. The molecule has 0 bridgehead atoms. The zero-order valence-corrected chi connectivity index (χ0v) is 11.2. The van der Waals surface area contributed by atoms with Crippen LogP contribution < -0.4 is 0 Å². The van der Waals surface area contributed by atoms with Crippen molar-refractivity contribution in [3.63, 3.8) is 0 Å². The number of aliphatic hydroxyl groups is 1. The second kappa shape index (κ2) is 6.32. The molecule has 1 aromatic carbocycles. The van der Waals surface area contributed by atoms with E-state index >= 15 is 0 Å². The summed E-state index contributed by atoms with van der Waals surface area (Å²) in [6.45, 7) is 0.345. The first-order valence-corrected chi connectivity index (χ1v) is 6.66. The summed E-state index contributed by atoms with van der Waals surface area (Å²) in [4.78, 5) is 10.1. The third-order valence-electron chi connectivity index (χ3n) is 3.37. The van der Waals surface area contributed by atoms with Crippen LogP contribution in [0.15, 0.2) is 18.2 Å². The van der Waals surface area contributed by atoms with Crippen molar-refractivity contribution in [1.82, 2.24) is 0 Å². The van der Waals surface area contributed by atoms with E-state index in [9.17, 15) is 15.2 Å². The minimum absolute atomic E-state index is 0.0189. The number of nitro groups is 1. The van der Waals surface area contributed by atoms with Crippen LogP contribution in [0.4, 0.5) is 5.69 Å². The van der Waals surface area contributed by atoms with Crippen molar-refractivity contribution in [3.05, 3.63) is 38.9 Å². The summed E-state index contributed by atoms with van der Waals surface area (Å²) in [5, 5.41) is 20.3. The third kappa shape index (κ3) is 3.89. The summed E-state index contributed by atoms with van der Waals surface area (Å²) in [5.41, 5.74) is 0.730. The van der Waals surface area contributed by atoms with Gasteiger partial charge in [-0.05, 0) is 37.3 Å². The number of rotatable bonds is 4. The highest BCUT2D eigenvalue weighted by atomic mass is 35.5. The van der Waals surface area contributed by atoms with Gasteiger partial charge in [-0.1, -0.05) is 11.6 Å². The number of nitrogens with zero attached hydrogens (tertiary/aromatic N) is 1. The molecule has 0 radical (unpaired) electrons. The van der Waals surface area contributed by atoms with Gasteiger partial charge in [0.15, 0.2) is 0 Å². The highest BCUT2D eigenvalue weighted by molar-refractivity contribution is 6.31. The Morgan fingerprint density at radius 1 is 1.37 bits per heavy atom. The summed E-state index contributed by atoms with van der Waals surface area (Å²) in [7, 11) is 0. The van der Waals surface area contributed by atoms with E-state index in [2.05, 4.69) is 0 Å². The number of non-ortho nitro benzene ring substituents is 1. The molecular formula is C13H16ClNO4. The van der Waals surface area contributed by atoms with Crippen molar-refractivity contribution < 1.29 is 14.8 Å². The van der Waals surface area contributed by atoms with Crippen LogP contribution in [0.25, 0.3) is 0 Å². The first-order valence-electron chi connectivity index (χ1n) is 6.28. The van der Waals surface area contributed by atoms with E-state index in [1.807, 2.05) is 0 Å². The molecule has 1 aliphatic rings. The molecule has 0 atom stereocenters. The van der Waals surface area contributed by atoms with Crippen LogP contribution in [0.3, 0.4) is 0 Å². The number of halogens is 1. The number of hydrogen-bond donors (Lipinski definition) is 1. The molecule has 0 amide bonds. The van der Waals surface area contributed by atoms with E-state index in [1.54, 1.807) is 6.07 Å². The van der Waals surface area contributed by atoms with E-state index in [4.69, 9.17) is 16.3 Å². The largest absolute Gasteiger partial charge is 0.393 e. The van der Waals surface area contributed by atoms with Crippen molar-refractivity contribution in [2.24, 2.45) is 0 Å². The van der Waals surface area contributed by atoms with Crippen LogP contribution in [-0.2, 0) is 11.3 Å². The fraction of sp³-hybridized carbons (Fsp3) is 0.538. The molecule has 6 heteroatoms. The van der Waals surface area contributed by atoms with Gasteiger partial charge in [0, 0.05) is 12.1 Å². The van der Waals surface area contributed by atoms with Crippen molar-refractivity contribution >= 4 is 17.3 Å². The standard InChI is InChI=1S/C13H16ClNO4/c14-13-7-10(15(17)18)2-1-9(13)8-19-12-5-3-11(16)4-6-12/h1-2,7,11-12,16H,3-6,8H2. The van der Waals surface area contributed by atoms with Crippen molar-refractivity contribution in [1.29, 1.82) is 0 Å². The maximum absolute atomic E-state index is 10.6. The lowest BCUT2D eigenvalue weighted by Crippen LogP contribution is -2.24. The fourth-order valence-electron chi connectivity index (χ4n) is 2.19. The highest BCUT2D eigenvalue weighted by Crippen LogP contribution is 2.26. The SMILES string of the molecule is O=[N+]([O-])c1ccc(COC2CCC(O)CC2)c(Cl)c1. The van der Waals surface area contributed by atoms with Gasteiger partial charge < -0.3 is 9.84 Å². The Bertz CT molecular complexity index is 458. The summed E-state index contributed by atoms with van der Waals surface area (Å²) < 4.78 is 5.73. The van der Waals surface area contributed by atoms with Gasteiger partial charge in [0.25, 0.3) is 5.69 Å². The molecule has 5 nitrogen and oxygen atoms in total. The molecule has 0 aromatic heterocycles. The predicted molar refractivity (Wildman–Crippen MR) is 71.2 cm³/mol. The Kier molecular flexibility index (Phi) is 4.74. The van der Waals surface area contributed by atoms with Gasteiger partial charge in [-0.25, -0.2) is 0 Å². The van der Waals surface area contributed by atoms with Crippen molar-refractivity contribution in [2.75, 3.05) is 0 Å². The van der Waals surface area contributed by atoms with Crippen molar-refractivity contribution in [3.8, 4) is 0 Å². The Balaban J connectivity index is 1.91. The normalized spacial score (nSPS) is 23.3. The molecule has 2 rings (SSSR count). The lowest BCUT2D eigenvalue weighted by molar-refractivity contribution is -0.384. The zero-order chi connectivity index (χ0) is 13.8. The molecule has 104 valence electrons. The molecule has 0 heterocycles. The first kappa shape index (κ1) is 14.2. The minimum Gasteiger partial charge on any atom is -0.393 e. The molecule has 0 saturated heterocycles.